The summed E-state index contributed by atoms with van der Waals surface area (Å²) in [4.78, 5) is 1.26. The maximum atomic E-state index is 5.56. The minimum Gasteiger partial charge on any atom is -0.381 e. The molecule has 3 nitrogen and oxygen atoms in total. The maximum Gasteiger partial charge on any atom is 0.0653 e. The summed E-state index contributed by atoms with van der Waals surface area (Å²) in [5.41, 5.74) is 0.270. The van der Waals surface area contributed by atoms with E-state index in [0.29, 0.717) is 0 Å². The Morgan fingerprint density at radius 1 is 1.64 bits per heavy atom. The molecule has 0 spiro atoms. The molecule has 0 aliphatic carbocycles. The van der Waals surface area contributed by atoms with Crippen LogP contribution in [-0.2, 0) is 11.2 Å². The van der Waals surface area contributed by atoms with Crippen molar-refractivity contribution < 1.29 is 4.74 Å². The van der Waals surface area contributed by atoms with Crippen LogP contribution < -0.4 is 0 Å². The van der Waals surface area contributed by atoms with Crippen molar-refractivity contribution in [3.8, 4) is 0 Å². The van der Waals surface area contributed by atoms with Crippen molar-refractivity contribution in [2.24, 2.45) is 5.41 Å². The van der Waals surface area contributed by atoms with Crippen LogP contribution in [0.2, 0.25) is 0 Å². The summed E-state index contributed by atoms with van der Waals surface area (Å²) >= 11 is 5.09. The molecule has 2 rings (SSSR count). The molecule has 1 aliphatic rings. The SMILES string of the molecule is BrCC1(Cc2cnns2)CCCOC1. The molecule has 1 unspecified atom stereocenters. The van der Waals surface area contributed by atoms with Gasteiger partial charge in [-0.1, -0.05) is 20.4 Å². The Labute approximate surface area is 96.2 Å². The van der Waals surface area contributed by atoms with Gasteiger partial charge in [0.1, 0.15) is 0 Å². The van der Waals surface area contributed by atoms with Gasteiger partial charge < -0.3 is 4.74 Å². The Morgan fingerprint density at radius 3 is 3.14 bits per heavy atom. The van der Waals surface area contributed by atoms with Crippen molar-refractivity contribution in [3.05, 3.63) is 11.1 Å². The Morgan fingerprint density at radius 2 is 2.57 bits per heavy atom. The summed E-state index contributed by atoms with van der Waals surface area (Å²) in [6.45, 7) is 1.77. The first-order chi connectivity index (χ1) is 6.85. The van der Waals surface area contributed by atoms with Crippen molar-refractivity contribution >= 4 is 27.5 Å². The number of alkyl halides is 1. The van der Waals surface area contributed by atoms with Crippen molar-refractivity contribution in [2.45, 2.75) is 19.3 Å². The van der Waals surface area contributed by atoms with E-state index in [1.54, 1.807) is 0 Å². The first kappa shape index (κ1) is 10.5. The Kier molecular flexibility index (Phi) is 3.52. The van der Waals surface area contributed by atoms with E-state index in [0.717, 1.165) is 31.4 Å². The lowest BCUT2D eigenvalue weighted by molar-refractivity contribution is 0.00652. The molecule has 1 aliphatic heterocycles. The maximum absolute atomic E-state index is 5.56. The van der Waals surface area contributed by atoms with Crippen molar-refractivity contribution in [1.82, 2.24) is 9.59 Å². The van der Waals surface area contributed by atoms with Crippen molar-refractivity contribution in [1.29, 1.82) is 0 Å². The summed E-state index contributed by atoms with van der Waals surface area (Å²) in [5, 5.41) is 4.86. The second kappa shape index (κ2) is 4.68. The number of aromatic nitrogens is 2. The van der Waals surface area contributed by atoms with Gasteiger partial charge >= 0.3 is 0 Å². The second-order valence-corrected chi connectivity index (χ2v) is 5.28. The standard InChI is InChI=1S/C9H13BrN2OS/c10-6-9(2-1-3-13-7-9)4-8-5-11-12-14-8/h5H,1-4,6-7H2. The van der Waals surface area contributed by atoms with E-state index in [1.807, 2.05) is 6.20 Å². The van der Waals surface area contributed by atoms with E-state index in [9.17, 15) is 0 Å². The van der Waals surface area contributed by atoms with E-state index in [1.165, 1.54) is 22.8 Å². The van der Waals surface area contributed by atoms with Crippen molar-refractivity contribution in [3.63, 3.8) is 0 Å². The predicted molar refractivity (Wildman–Crippen MR) is 59.9 cm³/mol. The Balaban J connectivity index is 2.04. The highest BCUT2D eigenvalue weighted by Crippen LogP contribution is 2.34. The molecular formula is C9H13BrN2OS. The van der Waals surface area contributed by atoms with Crippen LogP contribution in [0.1, 0.15) is 17.7 Å². The number of rotatable bonds is 3. The molecule has 0 aromatic carbocycles. The monoisotopic (exact) mass is 276 g/mol. The molecule has 0 saturated carbocycles. The average Bonchev–Trinajstić information content (AvgIpc) is 2.72. The highest BCUT2D eigenvalue weighted by Gasteiger charge is 2.32. The normalized spacial score (nSPS) is 27.8. The first-order valence-electron chi connectivity index (χ1n) is 4.75. The lowest BCUT2D eigenvalue weighted by Gasteiger charge is -2.34. The van der Waals surface area contributed by atoms with Gasteiger partial charge in [0, 0.05) is 22.2 Å². The molecule has 78 valence electrons. The number of hydrogen-bond donors (Lipinski definition) is 0. The van der Waals surface area contributed by atoms with E-state index >= 15 is 0 Å². The molecular weight excluding hydrogens is 264 g/mol. The third-order valence-electron chi connectivity index (χ3n) is 2.64. The quantitative estimate of drug-likeness (QED) is 0.795. The summed E-state index contributed by atoms with van der Waals surface area (Å²) in [6.07, 6.45) is 5.30. The van der Waals surface area contributed by atoms with Gasteiger partial charge in [-0.15, -0.1) is 5.10 Å². The molecule has 5 heteroatoms. The van der Waals surface area contributed by atoms with Crippen LogP contribution in [-0.4, -0.2) is 28.1 Å². The van der Waals surface area contributed by atoms with E-state index < -0.39 is 0 Å². The fourth-order valence-electron chi connectivity index (χ4n) is 1.84. The van der Waals surface area contributed by atoms with Crippen LogP contribution in [0.3, 0.4) is 0 Å². The van der Waals surface area contributed by atoms with Gasteiger partial charge in [-0.3, -0.25) is 0 Å². The third kappa shape index (κ3) is 2.32. The minimum atomic E-state index is 0.270. The second-order valence-electron chi connectivity index (χ2n) is 3.85. The third-order valence-corrected chi connectivity index (χ3v) is 4.49. The van der Waals surface area contributed by atoms with E-state index in [2.05, 4.69) is 25.5 Å². The Hall–Kier alpha value is -0.0000000000000000486. The fourth-order valence-corrected chi connectivity index (χ4v) is 3.14. The predicted octanol–water partition coefficient (Wildman–Crippen LogP) is 2.27. The summed E-state index contributed by atoms with van der Waals surface area (Å²) in [7, 11) is 0. The molecule has 0 amide bonds. The van der Waals surface area contributed by atoms with Gasteiger partial charge in [-0.25, -0.2) is 0 Å². The average molecular weight is 277 g/mol. The number of halogens is 1. The number of hydrogen-bond acceptors (Lipinski definition) is 4. The molecule has 1 aromatic rings. The molecule has 1 saturated heterocycles. The lowest BCUT2D eigenvalue weighted by atomic mass is 9.81. The summed E-state index contributed by atoms with van der Waals surface area (Å²) in [5.74, 6) is 0. The molecule has 2 heterocycles. The molecule has 0 radical (unpaired) electrons. The summed E-state index contributed by atoms with van der Waals surface area (Å²) in [6, 6.07) is 0. The van der Waals surface area contributed by atoms with Gasteiger partial charge in [-0.2, -0.15) is 0 Å². The van der Waals surface area contributed by atoms with Gasteiger partial charge in [0.25, 0.3) is 0 Å². The minimum absolute atomic E-state index is 0.270. The zero-order valence-electron chi connectivity index (χ0n) is 7.91. The van der Waals surface area contributed by atoms with Crippen LogP contribution in [0.25, 0.3) is 0 Å². The van der Waals surface area contributed by atoms with Gasteiger partial charge in [-0.05, 0) is 30.8 Å². The number of nitrogens with zero attached hydrogens (tertiary/aromatic N) is 2. The smallest absolute Gasteiger partial charge is 0.0653 e. The highest BCUT2D eigenvalue weighted by atomic mass is 79.9. The molecule has 14 heavy (non-hydrogen) atoms. The van der Waals surface area contributed by atoms with Crippen LogP contribution in [0.5, 0.6) is 0 Å². The zero-order valence-corrected chi connectivity index (χ0v) is 10.3. The number of ether oxygens (including phenoxy) is 1. The summed E-state index contributed by atoms with van der Waals surface area (Å²) < 4.78 is 9.45. The molecule has 0 N–H and O–H groups in total. The van der Waals surface area contributed by atoms with Crippen LogP contribution in [0.15, 0.2) is 6.20 Å². The Bertz CT molecular complexity index is 272. The molecule has 0 bridgehead atoms. The lowest BCUT2D eigenvalue weighted by Crippen LogP contribution is -2.35. The van der Waals surface area contributed by atoms with E-state index in [-0.39, 0.29) is 5.41 Å². The van der Waals surface area contributed by atoms with Crippen LogP contribution in [0, 0.1) is 5.41 Å². The van der Waals surface area contributed by atoms with E-state index in [4.69, 9.17) is 4.74 Å². The van der Waals surface area contributed by atoms with Gasteiger partial charge in [0.2, 0.25) is 0 Å². The largest absolute Gasteiger partial charge is 0.381 e. The molecule has 1 aromatic heterocycles. The van der Waals surface area contributed by atoms with Gasteiger partial charge in [0.15, 0.2) is 0 Å². The van der Waals surface area contributed by atoms with Crippen LogP contribution in [0.4, 0.5) is 0 Å². The van der Waals surface area contributed by atoms with Gasteiger partial charge in [0.05, 0.1) is 12.8 Å². The zero-order chi connectivity index (χ0) is 9.86. The fraction of sp³-hybridized carbons (Fsp3) is 0.778. The molecule has 1 fully saturated rings. The van der Waals surface area contributed by atoms with Crippen LogP contribution >= 0.6 is 27.5 Å². The molecule has 1 atom stereocenters. The van der Waals surface area contributed by atoms with Crippen molar-refractivity contribution in [2.75, 3.05) is 18.5 Å². The topological polar surface area (TPSA) is 35.0 Å². The highest BCUT2D eigenvalue weighted by molar-refractivity contribution is 9.09. The first-order valence-corrected chi connectivity index (χ1v) is 6.64.